The van der Waals surface area contributed by atoms with Crippen molar-refractivity contribution in [2.24, 2.45) is 0 Å². The van der Waals surface area contributed by atoms with Crippen LogP contribution in [-0.4, -0.2) is 14.6 Å². The van der Waals surface area contributed by atoms with Crippen LogP contribution in [0.3, 0.4) is 0 Å². The fourth-order valence-corrected chi connectivity index (χ4v) is 1.36. The SMILES string of the molecule is O=[N+]([O-])c1cc2ncn([O-])c2cc1Cl. The van der Waals surface area contributed by atoms with E-state index in [2.05, 4.69) is 4.98 Å². The van der Waals surface area contributed by atoms with E-state index in [4.69, 9.17) is 11.6 Å². The van der Waals surface area contributed by atoms with Gasteiger partial charge in [0.15, 0.2) is 0 Å². The Bertz CT molecular complexity index is 522. The summed E-state index contributed by atoms with van der Waals surface area (Å²) in [6.45, 7) is 0. The van der Waals surface area contributed by atoms with Crippen LogP contribution < -0.4 is 0 Å². The van der Waals surface area contributed by atoms with E-state index in [0.29, 0.717) is 4.73 Å². The second-order valence-electron chi connectivity index (χ2n) is 2.62. The van der Waals surface area contributed by atoms with Crippen molar-refractivity contribution in [1.82, 2.24) is 9.71 Å². The Morgan fingerprint density at radius 1 is 1.50 bits per heavy atom. The summed E-state index contributed by atoms with van der Waals surface area (Å²) in [5.41, 5.74) is 0.231. The van der Waals surface area contributed by atoms with Gasteiger partial charge in [-0.1, -0.05) is 11.6 Å². The van der Waals surface area contributed by atoms with Gasteiger partial charge in [-0.05, 0) is 6.07 Å². The molecule has 7 heteroatoms. The summed E-state index contributed by atoms with van der Waals surface area (Å²) >= 11 is 5.61. The van der Waals surface area contributed by atoms with Crippen molar-refractivity contribution in [1.29, 1.82) is 0 Å². The number of rotatable bonds is 1. The Morgan fingerprint density at radius 2 is 2.21 bits per heavy atom. The molecule has 1 heterocycles. The Morgan fingerprint density at radius 3 is 2.86 bits per heavy atom. The van der Waals surface area contributed by atoms with Crippen molar-refractivity contribution in [3.05, 3.63) is 38.8 Å². The van der Waals surface area contributed by atoms with Gasteiger partial charge in [0.1, 0.15) is 5.02 Å². The van der Waals surface area contributed by atoms with Crippen molar-refractivity contribution in [2.75, 3.05) is 0 Å². The van der Waals surface area contributed by atoms with Crippen LogP contribution in [0.5, 0.6) is 0 Å². The fourth-order valence-electron chi connectivity index (χ4n) is 1.14. The highest BCUT2D eigenvalue weighted by molar-refractivity contribution is 6.33. The number of imidazole rings is 1. The molecule has 0 aliphatic carbocycles. The van der Waals surface area contributed by atoms with E-state index >= 15 is 0 Å². The first-order valence-corrected chi connectivity index (χ1v) is 3.96. The van der Waals surface area contributed by atoms with E-state index in [1.807, 2.05) is 0 Å². The number of hydrogen-bond donors (Lipinski definition) is 0. The van der Waals surface area contributed by atoms with E-state index in [1.54, 1.807) is 0 Å². The van der Waals surface area contributed by atoms with E-state index < -0.39 is 4.92 Å². The number of hydrogen-bond acceptors (Lipinski definition) is 4. The van der Waals surface area contributed by atoms with Gasteiger partial charge < -0.3 is 9.94 Å². The van der Waals surface area contributed by atoms with E-state index in [9.17, 15) is 15.3 Å². The number of nitro benzene ring substituents is 1. The van der Waals surface area contributed by atoms with Crippen LogP contribution in [0.1, 0.15) is 0 Å². The first kappa shape index (κ1) is 8.76. The topological polar surface area (TPSA) is 84.0 Å². The third-order valence-corrected chi connectivity index (χ3v) is 2.08. The molecular formula is C7H3ClN3O3-. The van der Waals surface area contributed by atoms with Crippen molar-refractivity contribution in [2.45, 2.75) is 0 Å². The molecule has 14 heavy (non-hydrogen) atoms. The Hall–Kier alpha value is -1.82. The number of nitrogens with zero attached hydrogens (tertiary/aromatic N) is 3. The summed E-state index contributed by atoms with van der Waals surface area (Å²) in [4.78, 5) is 13.6. The molecular weight excluding hydrogens is 210 g/mol. The van der Waals surface area contributed by atoms with Crippen molar-refractivity contribution < 1.29 is 4.92 Å². The molecule has 2 rings (SSSR count). The summed E-state index contributed by atoms with van der Waals surface area (Å²) in [5, 5.41) is 21.4. The molecule has 0 aliphatic heterocycles. The molecule has 0 spiro atoms. The first-order valence-electron chi connectivity index (χ1n) is 3.58. The van der Waals surface area contributed by atoms with Gasteiger partial charge in [0.05, 0.1) is 22.3 Å². The van der Waals surface area contributed by atoms with Gasteiger partial charge in [0.25, 0.3) is 5.69 Å². The van der Waals surface area contributed by atoms with Crippen LogP contribution in [0.15, 0.2) is 18.5 Å². The molecule has 0 unspecified atom stereocenters. The summed E-state index contributed by atoms with van der Waals surface area (Å²) in [7, 11) is 0. The lowest BCUT2D eigenvalue weighted by Crippen LogP contribution is -1.90. The van der Waals surface area contributed by atoms with Crippen LogP contribution in [0.4, 0.5) is 5.69 Å². The maximum atomic E-state index is 11.0. The maximum Gasteiger partial charge on any atom is 0.290 e. The Labute approximate surface area is 82.5 Å². The minimum absolute atomic E-state index is 0.0694. The molecule has 0 fully saturated rings. The second-order valence-corrected chi connectivity index (χ2v) is 3.03. The first-order chi connectivity index (χ1) is 6.59. The van der Waals surface area contributed by atoms with E-state index in [0.717, 1.165) is 6.33 Å². The molecule has 1 aromatic heterocycles. The molecule has 72 valence electrons. The predicted molar refractivity (Wildman–Crippen MR) is 50.2 cm³/mol. The Kier molecular flexibility index (Phi) is 1.78. The highest BCUT2D eigenvalue weighted by Crippen LogP contribution is 2.28. The third kappa shape index (κ3) is 1.16. The number of halogens is 1. The highest BCUT2D eigenvalue weighted by atomic mass is 35.5. The molecule has 0 atom stereocenters. The molecule has 6 nitrogen and oxygen atoms in total. The molecule has 0 bridgehead atoms. The minimum Gasteiger partial charge on any atom is -0.805 e. The molecule has 0 radical (unpaired) electrons. The molecule has 0 aliphatic rings. The van der Waals surface area contributed by atoms with Crippen LogP contribution in [0.25, 0.3) is 11.0 Å². The molecule has 0 saturated carbocycles. The van der Waals surface area contributed by atoms with Gasteiger partial charge in [0.2, 0.25) is 0 Å². The number of aromatic nitrogens is 2. The highest BCUT2D eigenvalue weighted by Gasteiger charge is 2.14. The van der Waals surface area contributed by atoms with Crippen LogP contribution >= 0.6 is 11.6 Å². The van der Waals surface area contributed by atoms with Gasteiger partial charge in [-0.15, -0.1) is 0 Å². The number of fused-ring (bicyclic) bond motifs is 1. The smallest absolute Gasteiger partial charge is 0.290 e. The lowest BCUT2D eigenvalue weighted by molar-refractivity contribution is -0.384. The van der Waals surface area contributed by atoms with E-state index in [1.165, 1.54) is 12.1 Å². The minimum atomic E-state index is -0.619. The number of benzene rings is 1. The molecule has 2 aromatic rings. The quantitative estimate of drug-likeness (QED) is 0.534. The van der Waals surface area contributed by atoms with Gasteiger partial charge in [-0.3, -0.25) is 10.1 Å². The normalized spacial score (nSPS) is 10.6. The summed E-state index contributed by atoms with van der Waals surface area (Å²) in [6.07, 6.45) is 1.03. The number of nitro groups is 1. The zero-order valence-corrected chi connectivity index (χ0v) is 7.43. The van der Waals surface area contributed by atoms with Crippen molar-refractivity contribution in [3.63, 3.8) is 0 Å². The van der Waals surface area contributed by atoms with Gasteiger partial charge in [-0.25, -0.2) is 4.98 Å². The zero-order chi connectivity index (χ0) is 10.3. The Balaban J connectivity index is 2.79. The lowest BCUT2D eigenvalue weighted by Gasteiger charge is -2.05. The average Bonchev–Trinajstić information content (AvgIpc) is 2.46. The summed E-state index contributed by atoms with van der Waals surface area (Å²) in [6, 6.07) is 2.40. The van der Waals surface area contributed by atoms with E-state index in [-0.39, 0.29) is 21.7 Å². The lowest BCUT2D eigenvalue weighted by atomic mass is 10.3. The van der Waals surface area contributed by atoms with Crippen molar-refractivity contribution >= 4 is 28.3 Å². The molecule has 0 N–H and O–H groups in total. The van der Waals surface area contributed by atoms with Gasteiger partial charge in [0, 0.05) is 6.07 Å². The van der Waals surface area contributed by atoms with Gasteiger partial charge in [-0.2, -0.15) is 0 Å². The van der Waals surface area contributed by atoms with Crippen LogP contribution in [-0.2, 0) is 0 Å². The van der Waals surface area contributed by atoms with Crippen LogP contribution in [0, 0.1) is 15.3 Å². The summed E-state index contributed by atoms with van der Waals surface area (Å²) < 4.78 is 0.505. The zero-order valence-electron chi connectivity index (χ0n) is 6.68. The standard InChI is InChI=1S/C7H3ClN3O3/c8-4-1-7-5(9-3-10(7)12)2-6(4)11(13)14/h1-3H/q-1. The second kappa shape index (κ2) is 2.85. The van der Waals surface area contributed by atoms with Gasteiger partial charge >= 0.3 is 0 Å². The fraction of sp³-hybridized carbons (Fsp3) is 0. The largest absolute Gasteiger partial charge is 0.805 e. The monoisotopic (exact) mass is 212 g/mol. The third-order valence-electron chi connectivity index (χ3n) is 1.78. The van der Waals surface area contributed by atoms with Crippen LogP contribution in [0.2, 0.25) is 5.02 Å². The van der Waals surface area contributed by atoms with Crippen molar-refractivity contribution in [3.8, 4) is 0 Å². The summed E-state index contributed by atoms with van der Waals surface area (Å²) in [5.74, 6) is 0. The predicted octanol–water partition coefficient (Wildman–Crippen LogP) is 1.94. The molecule has 0 amide bonds. The molecule has 1 aromatic carbocycles. The average molecular weight is 213 g/mol. The maximum absolute atomic E-state index is 11.0. The molecule has 0 saturated heterocycles.